The molecule has 4 N–H and O–H groups in total. The number of hydrogen-bond acceptors (Lipinski definition) is 4. The molecule has 0 saturated carbocycles. The summed E-state index contributed by atoms with van der Waals surface area (Å²) >= 11 is 8.31. The third-order valence-corrected chi connectivity index (χ3v) is 4.44. The smallest absolute Gasteiger partial charge is 0.214 e. The first-order valence-corrected chi connectivity index (χ1v) is 6.91. The number of anilines is 2. The van der Waals surface area contributed by atoms with Crippen molar-refractivity contribution in [1.29, 1.82) is 0 Å². The highest BCUT2D eigenvalue weighted by molar-refractivity contribution is 14.1. The second kappa shape index (κ2) is 4.57. The van der Waals surface area contributed by atoms with Crippen LogP contribution in [0, 0.1) is 3.57 Å². The Labute approximate surface area is 127 Å². The summed E-state index contributed by atoms with van der Waals surface area (Å²) in [6.45, 7) is 0. The number of halogens is 2. The van der Waals surface area contributed by atoms with E-state index in [4.69, 9.17) is 27.5 Å². The van der Waals surface area contributed by atoms with E-state index in [1.807, 2.05) is 18.2 Å². The van der Waals surface area contributed by atoms with Crippen LogP contribution in [-0.2, 0) is 0 Å². The molecule has 19 heavy (non-hydrogen) atoms. The summed E-state index contributed by atoms with van der Waals surface area (Å²) < 4.78 is 6.48. The lowest BCUT2D eigenvalue weighted by atomic mass is 10.1. The van der Waals surface area contributed by atoms with E-state index in [1.54, 1.807) is 12.3 Å². The molecule has 0 aliphatic carbocycles. The number of fused-ring (bicyclic) bond motifs is 1. The number of aromatic nitrogens is 1. The number of furan rings is 1. The van der Waals surface area contributed by atoms with Crippen LogP contribution in [0.25, 0.3) is 22.2 Å². The maximum atomic E-state index is 6.14. The number of pyridine rings is 1. The first-order valence-electron chi connectivity index (χ1n) is 5.46. The molecule has 0 unspecified atom stereocenters. The summed E-state index contributed by atoms with van der Waals surface area (Å²) in [5, 5.41) is 1.43. The summed E-state index contributed by atoms with van der Waals surface area (Å²) in [6.07, 6.45) is 1.68. The Morgan fingerprint density at radius 3 is 2.74 bits per heavy atom. The molecule has 2 heterocycles. The lowest BCUT2D eigenvalue weighted by Crippen LogP contribution is -1.89. The van der Waals surface area contributed by atoms with Gasteiger partial charge in [0.05, 0.1) is 5.02 Å². The van der Waals surface area contributed by atoms with Crippen molar-refractivity contribution in [3.8, 4) is 11.3 Å². The van der Waals surface area contributed by atoms with Crippen LogP contribution in [-0.4, -0.2) is 4.98 Å². The fourth-order valence-corrected chi connectivity index (χ4v) is 2.43. The zero-order valence-electron chi connectivity index (χ0n) is 9.65. The van der Waals surface area contributed by atoms with Gasteiger partial charge < -0.3 is 15.9 Å². The highest BCUT2D eigenvalue weighted by Crippen LogP contribution is 2.36. The standard InChI is InChI=1S/C13H9ClIN3O/c14-8-5-6(1-2-9(8)15)11-12-7(3-4-18-11)10(16)13(17)19-12/h1-5H,16-17H2. The van der Waals surface area contributed by atoms with Gasteiger partial charge in [0.1, 0.15) is 11.4 Å². The number of hydrogen-bond donors (Lipinski definition) is 2. The van der Waals surface area contributed by atoms with Crippen LogP contribution < -0.4 is 11.5 Å². The van der Waals surface area contributed by atoms with Crippen LogP contribution in [0.15, 0.2) is 34.9 Å². The van der Waals surface area contributed by atoms with E-state index in [0.717, 1.165) is 14.5 Å². The fraction of sp³-hybridized carbons (Fsp3) is 0. The summed E-state index contributed by atoms with van der Waals surface area (Å²) in [7, 11) is 0. The molecule has 4 nitrogen and oxygen atoms in total. The minimum absolute atomic E-state index is 0.209. The molecule has 0 amide bonds. The molecule has 3 rings (SSSR count). The molecule has 1 aromatic carbocycles. The Morgan fingerprint density at radius 2 is 2.00 bits per heavy atom. The number of nitrogens with zero attached hydrogens (tertiary/aromatic N) is 1. The average molecular weight is 386 g/mol. The molecular weight excluding hydrogens is 377 g/mol. The van der Waals surface area contributed by atoms with Gasteiger partial charge in [-0.25, -0.2) is 0 Å². The van der Waals surface area contributed by atoms with E-state index in [-0.39, 0.29) is 5.88 Å². The summed E-state index contributed by atoms with van der Waals surface area (Å²) in [6, 6.07) is 7.49. The third kappa shape index (κ3) is 2.02. The van der Waals surface area contributed by atoms with Crippen molar-refractivity contribution in [1.82, 2.24) is 4.98 Å². The quantitative estimate of drug-likeness (QED) is 0.622. The van der Waals surface area contributed by atoms with Crippen molar-refractivity contribution in [3.05, 3.63) is 39.1 Å². The van der Waals surface area contributed by atoms with Gasteiger partial charge in [-0.3, -0.25) is 4.98 Å². The van der Waals surface area contributed by atoms with Crippen LogP contribution in [0.1, 0.15) is 0 Å². The van der Waals surface area contributed by atoms with Gasteiger partial charge in [0.15, 0.2) is 5.58 Å². The maximum Gasteiger partial charge on any atom is 0.214 e. The van der Waals surface area contributed by atoms with Gasteiger partial charge >= 0.3 is 0 Å². The van der Waals surface area contributed by atoms with Gasteiger partial charge in [0.2, 0.25) is 5.88 Å². The lowest BCUT2D eigenvalue weighted by molar-refractivity contribution is 0.638. The lowest BCUT2D eigenvalue weighted by Gasteiger charge is -2.03. The molecule has 0 bridgehead atoms. The summed E-state index contributed by atoms with van der Waals surface area (Å²) in [5.74, 6) is 0.209. The Bertz CT molecular complexity index is 785. The van der Waals surface area contributed by atoms with Gasteiger partial charge in [0, 0.05) is 20.7 Å². The highest BCUT2D eigenvalue weighted by Gasteiger charge is 2.15. The molecule has 96 valence electrons. The summed E-state index contributed by atoms with van der Waals surface area (Å²) in [4.78, 5) is 4.34. The zero-order chi connectivity index (χ0) is 13.6. The highest BCUT2D eigenvalue weighted by atomic mass is 127. The molecule has 0 atom stereocenters. The van der Waals surface area contributed by atoms with Crippen LogP contribution in [0.2, 0.25) is 5.02 Å². The molecule has 0 spiro atoms. The van der Waals surface area contributed by atoms with E-state index in [1.165, 1.54) is 0 Å². The van der Waals surface area contributed by atoms with Crippen molar-refractivity contribution in [2.24, 2.45) is 0 Å². The van der Waals surface area contributed by atoms with Gasteiger partial charge in [-0.1, -0.05) is 17.7 Å². The second-order valence-corrected chi connectivity index (χ2v) is 5.61. The number of benzene rings is 1. The molecule has 0 radical (unpaired) electrons. The van der Waals surface area contributed by atoms with Crippen molar-refractivity contribution >= 4 is 56.7 Å². The number of nitrogen functional groups attached to an aromatic ring is 2. The van der Waals surface area contributed by atoms with Gasteiger partial charge in [0.25, 0.3) is 0 Å². The molecular formula is C13H9ClIN3O. The minimum Gasteiger partial charge on any atom is -0.436 e. The monoisotopic (exact) mass is 385 g/mol. The average Bonchev–Trinajstić information content (AvgIpc) is 2.69. The van der Waals surface area contributed by atoms with Crippen LogP contribution >= 0.6 is 34.2 Å². The van der Waals surface area contributed by atoms with Gasteiger partial charge in [-0.2, -0.15) is 0 Å². The maximum absolute atomic E-state index is 6.14. The van der Waals surface area contributed by atoms with Crippen LogP contribution in [0.5, 0.6) is 0 Å². The van der Waals surface area contributed by atoms with E-state index in [2.05, 4.69) is 27.6 Å². The fourth-order valence-electron chi connectivity index (χ4n) is 1.91. The van der Waals surface area contributed by atoms with Crippen molar-refractivity contribution in [2.75, 3.05) is 11.5 Å². The largest absolute Gasteiger partial charge is 0.436 e. The van der Waals surface area contributed by atoms with Gasteiger partial charge in [-0.05, 0) is 40.8 Å². The van der Waals surface area contributed by atoms with E-state index in [9.17, 15) is 0 Å². The Balaban J connectivity index is 2.30. The van der Waals surface area contributed by atoms with E-state index in [0.29, 0.717) is 22.0 Å². The van der Waals surface area contributed by atoms with Crippen LogP contribution in [0.3, 0.4) is 0 Å². The normalized spacial score (nSPS) is 11.1. The third-order valence-electron chi connectivity index (χ3n) is 2.87. The molecule has 3 aromatic rings. The van der Waals surface area contributed by atoms with Crippen molar-refractivity contribution in [2.45, 2.75) is 0 Å². The minimum atomic E-state index is 0.209. The molecule has 0 aliphatic heterocycles. The number of rotatable bonds is 1. The van der Waals surface area contributed by atoms with Crippen molar-refractivity contribution in [3.63, 3.8) is 0 Å². The van der Waals surface area contributed by atoms with Gasteiger partial charge in [-0.15, -0.1) is 0 Å². The first-order chi connectivity index (χ1) is 9.08. The Morgan fingerprint density at radius 1 is 1.21 bits per heavy atom. The topological polar surface area (TPSA) is 78.1 Å². The predicted molar refractivity (Wildman–Crippen MR) is 86.0 cm³/mol. The summed E-state index contributed by atoms with van der Waals surface area (Å²) in [5.41, 5.74) is 14.1. The molecule has 2 aromatic heterocycles. The predicted octanol–water partition coefficient (Wildman–Crippen LogP) is 3.92. The Hall–Kier alpha value is -1.47. The Kier molecular flexibility index (Phi) is 3.02. The molecule has 0 saturated heterocycles. The molecule has 6 heteroatoms. The second-order valence-electron chi connectivity index (χ2n) is 4.05. The van der Waals surface area contributed by atoms with E-state index >= 15 is 0 Å². The first kappa shape index (κ1) is 12.6. The SMILES string of the molecule is Nc1oc2c(-c3ccc(I)c(Cl)c3)nccc2c1N. The van der Waals surface area contributed by atoms with Crippen molar-refractivity contribution < 1.29 is 4.42 Å². The number of nitrogens with two attached hydrogens (primary N) is 2. The van der Waals surface area contributed by atoms with E-state index < -0.39 is 0 Å². The molecule has 0 aliphatic rings. The molecule has 0 fully saturated rings. The zero-order valence-corrected chi connectivity index (χ0v) is 12.6. The van der Waals surface area contributed by atoms with Crippen LogP contribution in [0.4, 0.5) is 11.6 Å².